The molecular weight excluding hydrogens is 424 g/mol. The number of benzene rings is 3. The van der Waals surface area contributed by atoms with Gasteiger partial charge in [-0.1, -0.05) is 35.9 Å². The van der Waals surface area contributed by atoms with Crippen LogP contribution in [0.5, 0.6) is 0 Å². The van der Waals surface area contributed by atoms with Gasteiger partial charge < -0.3 is 5.32 Å². The molecular formula is C24H22N4O3S. The highest BCUT2D eigenvalue weighted by Crippen LogP contribution is 2.20. The Kier molecular flexibility index (Phi) is 5.79. The van der Waals surface area contributed by atoms with Gasteiger partial charge in [0.2, 0.25) is 0 Å². The number of sulfonamides is 1. The van der Waals surface area contributed by atoms with E-state index in [0.29, 0.717) is 11.4 Å². The minimum absolute atomic E-state index is 0.185. The third-order valence-corrected chi connectivity index (χ3v) is 6.24. The van der Waals surface area contributed by atoms with Crippen LogP contribution in [-0.4, -0.2) is 24.1 Å². The molecule has 3 aromatic carbocycles. The Hall–Kier alpha value is -3.91. The van der Waals surface area contributed by atoms with E-state index in [-0.39, 0.29) is 16.5 Å². The molecule has 0 aliphatic carbocycles. The Labute approximate surface area is 186 Å². The van der Waals surface area contributed by atoms with Crippen LogP contribution in [0.1, 0.15) is 21.7 Å². The first-order valence-corrected chi connectivity index (χ1v) is 11.4. The van der Waals surface area contributed by atoms with Gasteiger partial charge in [-0.3, -0.25) is 9.52 Å². The van der Waals surface area contributed by atoms with E-state index in [2.05, 4.69) is 15.1 Å². The zero-order chi connectivity index (χ0) is 22.7. The van der Waals surface area contributed by atoms with Crippen molar-refractivity contribution in [3.8, 4) is 5.69 Å². The molecule has 32 heavy (non-hydrogen) atoms. The van der Waals surface area contributed by atoms with E-state index in [1.807, 2.05) is 44.2 Å². The molecule has 4 aromatic rings. The van der Waals surface area contributed by atoms with Crippen molar-refractivity contribution in [2.75, 3.05) is 10.0 Å². The highest BCUT2D eigenvalue weighted by Gasteiger charge is 2.15. The van der Waals surface area contributed by atoms with Crippen molar-refractivity contribution in [3.63, 3.8) is 0 Å². The van der Waals surface area contributed by atoms with Crippen LogP contribution in [0.3, 0.4) is 0 Å². The van der Waals surface area contributed by atoms with Gasteiger partial charge in [0.1, 0.15) is 0 Å². The van der Waals surface area contributed by atoms with Crippen LogP contribution in [0.4, 0.5) is 11.4 Å². The number of hydrogen-bond donors (Lipinski definition) is 2. The number of nitrogens with one attached hydrogen (secondary N) is 2. The molecule has 7 nitrogen and oxygen atoms in total. The molecule has 0 radical (unpaired) electrons. The van der Waals surface area contributed by atoms with Crippen molar-refractivity contribution < 1.29 is 13.2 Å². The lowest BCUT2D eigenvalue weighted by Crippen LogP contribution is -2.14. The molecule has 8 heteroatoms. The average molecular weight is 447 g/mol. The second kappa shape index (κ2) is 8.68. The summed E-state index contributed by atoms with van der Waals surface area (Å²) in [7, 11) is -3.69. The molecule has 0 aliphatic heterocycles. The van der Waals surface area contributed by atoms with Crippen LogP contribution in [0.15, 0.2) is 89.8 Å². The molecule has 0 saturated carbocycles. The second-order valence-corrected chi connectivity index (χ2v) is 9.05. The summed E-state index contributed by atoms with van der Waals surface area (Å²) in [5.41, 5.74) is 3.90. The smallest absolute Gasteiger partial charge is 0.276 e. The van der Waals surface area contributed by atoms with Crippen molar-refractivity contribution in [2.24, 2.45) is 0 Å². The predicted molar refractivity (Wildman–Crippen MR) is 125 cm³/mol. The highest BCUT2D eigenvalue weighted by molar-refractivity contribution is 7.92. The summed E-state index contributed by atoms with van der Waals surface area (Å²) in [6.07, 6.45) is 0. The van der Waals surface area contributed by atoms with Gasteiger partial charge in [-0.25, -0.2) is 13.1 Å². The lowest BCUT2D eigenvalue weighted by molar-refractivity contribution is 0.102. The molecule has 2 N–H and O–H groups in total. The summed E-state index contributed by atoms with van der Waals surface area (Å²) in [5, 5.41) is 7.18. The fourth-order valence-corrected chi connectivity index (χ4v) is 4.22. The van der Waals surface area contributed by atoms with Gasteiger partial charge in [0.15, 0.2) is 5.69 Å². The summed E-state index contributed by atoms with van der Waals surface area (Å²) < 4.78 is 29.3. The molecule has 0 fully saturated rings. The van der Waals surface area contributed by atoms with Gasteiger partial charge in [-0.05, 0) is 68.4 Å². The van der Waals surface area contributed by atoms with E-state index in [9.17, 15) is 13.2 Å². The first kappa shape index (κ1) is 21.3. The van der Waals surface area contributed by atoms with Crippen LogP contribution in [0.2, 0.25) is 0 Å². The van der Waals surface area contributed by atoms with Crippen molar-refractivity contribution >= 4 is 27.3 Å². The van der Waals surface area contributed by atoms with Gasteiger partial charge in [0.05, 0.1) is 10.6 Å². The molecule has 0 aliphatic rings. The Morgan fingerprint density at radius 1 is 0.844 bits per heavy atom. The van der Waals surface area contributed by atoms with Crippen molar-refractivity contribution in [1.82, 2.24) is 9.78 Å². The number of carbonyl (C=O) groups excluding carboxylic acids is 1. The fourth-order valence-electron chi connectivity index (χ4n) is 3.16. The lowest BCUT2D eigenvalue weighted by atomic mass is 10.2. The van der Waals surface area contributed by atoms with E-state index < -0.39 is 10.0 Å². The number of aromatic nitrogens is 2. The van der Waals surface area contributed by atoms with Gasteiger partial charge >= 0.3 is 0 Å². The van der Waals surface area contributed by atoms with Crippen molar-refractivity contribution in [3.05, 3.63) is 102 Å². The molecule has 1 aromatic heterocycles. The minimum Gasteiger partial charge on any atom is -0.321 e. The molecule has 0 unspecified atom stereocenters. The van der Waals surface area contributed by atoms with E-state index in [4.69, 9.17) is 0 Å². The lowest BCUT2D eigenvalue weighted by Gasteiger charge is -2.09. The summed E-state index contributed by atoms with van der Waals surface area (Å²) in [6.45, 7) is 3.77. The molecule has 1 amide bonds. The zero-order valence-corrected chi connectivity index (χ0v) is 18.4. The molecule has 162 valence electrons. The second-order valence-electron chi connectivity index (χ2n) is 7.37. The number of aryl methyl sites for hydroxylation is 2. The van der Waals surface area contributed by atoms with Crippen LogP contribution in [-0.2, 0) is 10.0 Å². The monoisotopic (exact) mass is 446 g/mol. The largest absolute Gasteiger partial charge is 0.321 e. The summed E-state index contributed by atoms with van der Waals surface area (Å²) in [6, 6.07) is 24.3. The number of anilines is 2. The zero-order valence-electron chi connectivity index (χ0n) is 17.6. The highest BCUT2D eigenvalue weighted by atomic mass is 32.2. The quantitative estimate of drug-likeness (QED) is 0.455. The van der Waals surface area contributed by atoms with E-state index in [1.165, 1.54) is 0 Å². The number of nitrogens with zero attached hydrogens (tertiary/aromatic N) is 2. The average Bonchev–Trinajstić information content (AvgIpc) is 3.18. The normalized spacial score (nSPS) is 11.2. The standard InChI is InChI=1S/C24H22N4O3S/c1-17-8-14-22(15-9-17)32(30,31)27-20-12-10-19(11-13-20)25-24(29)23-16-18(2)28(26-23)21-6-4-3-5-7-21/h3-16,27H,1-2H3,(H,25,29). The molecule has 1 heterocycles. The summed E-state index contributed by atoms with van der Waals surface area (Å²) in [5.74, 6) is -0.351. The van der Waals surface area contributed by atoms with Crippen LogP contribution in [0, 0.1) is 13.8 Å². The van der Waals surface area contributed by atoms with Crippen LogP contribution < -0.4 is 10.0 Å². The maximum atomic E-state index is 12.6. The predicted octanol–water partition coefficient (Wildman–Crippen LogP) is 4.54. The van der Waals surface area contributed by atoms with Crippen LogP contribution in [0.25, 0.3) is 5.69 Å². The number of para-hydroxylation sites is 1. The minimum atomic E-state index is -3.69. The summed E-state index contributed by atoms with van der Waals surface area (Å²) in [4.78, 5) is 12.8. The first-order valence-electron chi connectivity index (χ1n) is 9.95. The number of carbonyl (C=O) groups is 1. The molecule has 0 bridgehead atoms. The number of rotatable bonds is 6. The Morgan fingerprint density at radius 2 is 1.47 bits per heavy atom. The van der Waals surface area contributed by atoms with Crippen LogP contribution >= 0.6 is 0 Å². The third kappa shape index (κ3) is 4.70. The molecule has 0 spiro atoms. The Bertz CT molecular complexity index is 1340. The van der Waals surface area contributed by atoms with E-state index >= 15 is 0 Å². The summed E-state index contributed by atoms with van der Waals surface area (Å²) >= 11 is 0. The first-order chi connectivity index (χ1) is 15.3. The molecule has 0 atom stereocenters. The number of hydrogen-bond acceptors (Lipinski definition) is 4. The van der Waals surface area contributed by atoms with Crippen molar-refractivity contribution in [2.45, 2.75) is 18.7 Å². The van der Waals surface area contributed by atoms with E-state index in [1.54, 1.807) is 59.3 Å². The Balaban J connectivity index is 1.45. The topological polar surface area (TPSA) is 93.1 Å². The van der Waals surface area contributed by atoms with Gasteiger partial charge in [0, 0.05) is 17.1 Å². The maximum Gasteiger partial charge on any atom is 0.276 e. The third-order valence-electron chi connectivity index (χ3n) is 4.85. The van der Waals surface area contributed by atoms with E-state index in [0.717, 1.165) is 16.9 Å². The molecule has 4 rings (SSSR count). The molecule has 0 saturated heterocycles. The fraction of sp³-hybridized carbons (Fsp3) is 0.0833. The maximum absolute atomic E-state index is 12.6. The van der Waals surface area contributed by atoms with Gasteiger partial charge in [-0.2, -0.15) is 5.10 Å². The van der Waals surface area contributed by atoms with Crippen molar-refractivity contribution in [1.29, 1.82) is 0 Å². The number of amides is 1. The Morgan fingerprint density at radius 3 is 2.12 bits per heavy atom. The van der Waals surface area contributed by atoms with Gasteiger partial charge in [-0.15, -0.1) is 0 Å². The SMILES string of the molecule is Cc1ccc(S(=O)(=O)Nc2ccc(NC(=O)c3cc(C)n(-c4ccccc4)n3)cc2)cc1. The van der Waals surface area contributed by atoms with Gasteiger partial charge in [0.25, 0.3) is 15.9 Å².